The number of carbonyl (C=O) groups excluding carboxylic acids is 1. The zero-order valence-corrected chi connectivity index (χ0v) is 13.4. The topological polar surface area (TPSA) is 76.1 Å². The van der Waals surface area contributed by atoms with Gasteiger partial charge in [0.1, 0.15) is 0 Å². The number of alkyl halides is 3. The van der Waals surface area contributed by atoms with Crippen LogP contribution < -0.4 is 10.6 Å². The van der Waals surface area contributed by atoms with Crippen LogP contribution in [-0.4, -0.2) is 36.1 Å². The largest absolute Gasteiger partial charge is 0.416 e. The highest BCUT2D eigenvalue weighted by Crippen LogP contribution is 2.30. The van der Waals surface area contributed by atoms with Gasteiger partial charge in [-0.1, -0.05) is 6.07 Å². The van der Waals surface area contributed by atoms with Crippen molar-refractivity contribution in [2.45, 2.75) is 12.6 Å². The molecule has 0 aliphatic heterocycles. The fourth-order valence-corrected chi connectivity index (χ4v) is 1.93. The van der Waals surface area contributed by atoms with E-state index < -0.39 is 17.6 Å². The number of nitrogens with one attached hydrogen (secondary N) is 2. The minimum absolute atomic E-state index is 0.0431. The lowest BCUT2D eigenvalue weighted by atomic mass is 10.2. The molecular formula is C16H17F3N4O2. The first-order valence-electron chi connectivity index (χ1n) is 7.43. The molecule has 1 heterocycles. The summed E-state index contributed by atoms with van der Waals surface area (Å²) in [4.78, 5) is 20.1. The molecule has 25 heavy (non-hydrogen) atoms. The molecule has 9 heteroatoms. The van der Waals surface area contributed by atoms with Gasteiger partial charge in [0.25, 0.3) is 5.91 Å². The van der Waals surface area contributed by atoms with E-state index in [9.17, 15) is 18.0 Å². The number of amides is 1. The van der Waals surface area contributed by atoms with Gasteiger partial charge in [-0.15, -0.1) is 0 Å². The lowest BCUT2D eigenvalue weighted by molar-refractivity contribution is -0.137. The minimum Gasteiger partial charge on any atom is -0.385 e. The van der Waals surface area contributed by atoms with Crippen molar-refractivity contribution >= 4 is 17.5 Å². The van der Waals surface area contributed by atoms with Crippen LogP contribution in [0.2, 0.25) is 0 Å². The Hall–Kier alpha value is -2.68. The summed E-state index contributed by atoms with van der Waals surface area (Å²) < 4.78 is 42.9. The van der Waals surface area contributed by atoms with Gasteiger partial charge in [0.2, 0.25) is 5.95 Å². The molecule has 0 saturated heterocycles. The van der Waals surface area contributed by atoms with Crippen molar-refractivity contribution in [3.8, 4) is 0 Å². The average Bonchev–Trinajstić information content (AvgIpc) is 2.59. The van der Waals surface area contributed by atoms with E-state index in [4.69, 9.17) is 4.74 Å². The molecule has 0 unspecified atom stereocenters. The Morgan fingerprint density at radius 1 is 1.24 bits per heavy atom. The van der Waals surface area contributed by atoms with Crippen LogP contribution in [0.25, 0.3) is 0 Å². The van der Waals surface area contributed by atoms with Gasteiger partial charge in [0.15, 0.2) is 0 Å². The van der Waals surface area contributed by atoms with Gasteiger partial charge in [-0.25, -0.2) is 9.97 Å². The van der Waals surface area contributed by atoms with Gasteiger partial charge in [-0.2, -0.15) is 13.2 Å². The molecule has 0 spiro atoms. The Balaban J connectivity index is 1.97. The van der Waals surface area contributed by atoms with E-state index in [0.717, 1.165) is 18.6 Å². The Kier molecular flexibility index (Phi) is 6.29. The molecule has 1 amide bonds. The number of carbonyl (C=O) groups is 1. The normalized spacial score (nSPS) is 11.2. The van der Waals surface area contributed by atoms with E-state index in [1.807, 2.05) is 0 Å². The molecule has 0 saturated carbocycles. The van der Waals surface area contributed by atoms with Gasteiger partial charge < -0.3 is 15.4 Å². The first kappa shape index (κ1) is 18.7. The van der Waals surface area contributed by atoms with Crippen molar-refractivity contribution in [1.82, 2.24) is 9.97 Å². The molecule has 1 aromatic heterocycles. The standard InChI is InChI=1S/C16H17F3N4O2/c1-25-7-3-6-20-15-21-9-11(10-22-15)14(24)23-13-5-2-4-12(8-13)16(17,18)19/h2,4-5,8-10H,3,6-7H2,1H3,(H,23,24)(H,20,21,22). The maximum Gasteiger partial charge on any atom is 0.416 e. The van der Waals surface area contributed by atoms with Crippen molar-refractivity contribution in [2.24, 2.45) is 0 Å². The molecule has 0 bridgehead atoms. The first-order valence-corrected chi connectivity index (χ1v) is 7.43. The number of hydrogen-bond acceptors (Lipinski definition) is 5. The maximum atomic E-state index is 12.7. The van der Waals surface area contributed by atoms with Crippen LogP contribution >= 0.6 is 0 Å². The van der Waals surface area contributed by atoms with Crippen LogP contribution in [0.1, 0.15) is 22.3 Å². The molecule has 6 nitrogen and oxygen atoms in total. The highest BCUT2D eigenvalue weighted by molar-refractivity contribution is 6.03. The number of nitrogens with zero attached hydrogens (tertiary/aromatic N) is 2. The van der Waals surface area contributed by atoms with Crippen molar-refractivity contribution in [3.63, 3.8) is 0 Å². The van der Waals surface area contributed by atoms with Crippen LogP contribution in [-0.2, 0) is 10.9 Å². The Morgan fingerprint density at radius 2 is 1.96 bits per heavy atom. The van der Waals surface area contributed by atoms with E-state index in [1.54, 1.807) is 7.11 Å². The van der Waals surface area contributed by atoms with Crippen molar-refractivity contribution in [3.05, 3.63) is 47.8 Å². The molecule has 0 atom stereocenters. The van der Waals surface area contributed by atoms with Crippen LogP contribution in [0.5, 0.6) is 0 Å². The maximum absolute atomic E-state index is 12.7. The number of methoxy groups -OCH3 is 1. The minimum atomic E-state index is -4.47. The highest BCUT2D eigenvalue weighted by Gasteiger charge is 2.30. The van der Waals surface area contributed by atoms with E-state index in [0.29, 0.717) is 19.1 Å². The van der Waals surface area contributed by atoms with Gasteiger partial charge >= 0.3 is 6.18 Å². The molecule has 2 N–H and O–H groups in total. The van der Waals surface area contributed by atoms with Crippen molar-refractivity contribution in [1.29, 1.82) is 0 Å². The number of hydrogen-bond donors (Lipinski definition) is 2. The molecule has 1 aromatic carbocycles. The second kappa shape index (κ2) is 8.43. The Bertz CT molecular complexity index is 705. The third-order valence-corrected chi connectivity index (χ3v) is 3.17. The van der Waals surface area contributed by atoms with Gasteiger partial charge in [-0.3, -0.25) is 4.79 Å². The lowest BCUT2D eigenvalue weighted by Crippen LogP contribution is -2.14. The SMILES string of the molecule is COCCCNc1ncc(C(=O)Nc2cccc(C(F)(F)F)c2)cn1. The quantitative estimate of drug-likeness (QED) is 0.747. The smallest absolute Gasteiger partial charge is 0.385 e. The number of benzene rings is 1. The predicted octanol–water partition coefficient (Wildman–Crippen LogP) is 3.20. The third-order valence-electron chi connectivity index (χ3n) is 3.17. The summed E-state index contributed by atoms with van der Waals surface area (Å²) in [6.07, 6.45) is -1.10. The predicted molar refractivity (Wildman–Crippen MR) is 86.4 cm³/mol. The van der Waals surface area contributed by atoms with Crippen molar-refractivity contribution < 1.29 is 22.7 Å². The summed E-state index contributed by atoms with van der Waals surface area (Å²) >= 11 is 0. The number of anilines is 2. The fourth-order valence-electron chi connectivity index (χ4n) is 1.93. The van der Waals surface area contributed by atoms with E-state index in [1.165, 1.54) is 24.5 Å². The summed E-state index contributed by atoms with van der Waals surface area (Å²) in [5, 5.41) is 5.35. The van der Waals surface area contributed by atoms with Gasteiger partial charge in [0.05, 0.1) is 11.1 Å². The zero-order valence-electron chi connectivity index (χ0n) is 13.4. The molecule has 2 aromatic rings. The number of halogens is 3. The lowest BCUT2D eigenvalue weighted by Gasteiger charge is -2.10. The highest BCUT2D eigenvalue weighted by atomic mass is 19.4. The van der Waals surface area contributed by atoms with Crippen molar-refractivity contribution in [2.75, 3.05) is 30.9 Å². The summed E-state index contributed by atoms with van der Waals surface area (Å²) in [6, 6.07) is 4.40. The van der Waals surface area contributed by atoms with Gasteiger partial charge in [0, 0.05) is 38.3 Å². The van der Waals surface area contributed by atoms with Crippen LogP contribution in [0, 0.1) is 0 Å². The van der Waals surface area contributed by atoms with Crippen LogP contribution in [0.3, 0.4) is 0 Å². The van der Waals surface area contributed by atoms with E-state index in [2.05, 4.69) is 20.6 Å². The molecule has 0 radical (unpaired) electrons. The number of rotatable bonds is 7. The average molecular weight is 354 g/mol. The molecule has 0 aliphatic carbocycles. The number of aromatic nitrogens is 2. The molecule has 0 aliphatic rings. The van der Waals surface area contributed by atoms with Crippen LogP contribution in [0.4, 0.5) is 24.8 Å². The second-order valence-corrected chi connectivity index (χ2v) is 5.10. The van der Waals surface area contributed by atoms with Crippen LogP contribution in [0.15, 0.2) is 36.7 Å². The molecule has 2 rings (SSSR count). The zero-order chi connectivity index (χ0) is 18.3. The number of ether oxygens (including phenoxy) is 1. The molecular weight excluding hydrogens is 337 g/mol. The summed E-state index contributed by atoms with van der Waals surface area (Å²) in [6.45, 7) is 1.22. The Labute approximate surface area is 142 Å². The Morgan fingerprint density at radius 3 is 2.60 bits per heavy atom. The third kappa shape index (κ3) is 5.71. The summed E-state index contributed by atoms with van der Waals surface area (Å²) in [5.74, 6) is -0.239. The van der Waals surface area contributed by atoms with E-state index >= 15 is 0 Å². The molecule has 134 valence electrons. The summed E-state index contributed by atoms with van der Waals surface area (Å²) in [5.41, 5.74) is -0.654. The fraction of sp³-hybridized carbons (Fsp3) is 0.312. The summed E-state index contributed by atoms with van der Waals surface area (Å²) in [7, 11) is 1.61. The second-order valence-electron chi connectivity index (χ2n) is 5.10. The monoisotopic (exact) mass is 354 g/mol. The first-order chi connectivity index (χ1) is 11.9. The molecule has 0 fully saturated rings. The van der Waals surface area contributed by atoms with Gasteiger partial charge in [-0.05, 0) is 24.6 Å². The van der Waals surface area contributed by atoms with E-state index in [-0.39, 0.29) is 11.3 Å².